The molecule has 102 valence electrons. The van der Waals surface area contributed by atoms with Gasteiger partial charge in [-0.3, -0.25) is 14.8 Å². The lowest BCUT2D eigenvalue weighted by Gasteiger charge is -2.16. The maximum absolute atomic E-state index is 11.3. The van der Waals surface area contributed by atoms with Gasteiger partial charge in [-0.05, 0) is 12.8 Å². The fourth-order valence-electron chi connectivity index (χ4n) is 2.22. The molecular weight excluding hydrogens is 298 g/mol. The third-order valence-electron chi connectivity index (χ3n) is 3.17. The van der Waals surface area contributed by atoms with Crippen molar-refractivity contribution in [2.45, 2.75) is 50.8 Å². The lowest BCUT2D eigenvalue weighted by atomic mass is 9.99. The quantitative estimate of drug-likeness (QED) is 0.458. The molecule has 0 aromatic carbocycles. The molecule has 2 atom stereocenters. The van der Waals surface area contributed by atoms with E-state index >= 15 is 0 Å². The number of nitro groups is 1. The van der Waals surface area contributed by atoms with Gasteiger partial charge in [0.1, 0.15) is 11.4 Å². The number of aromatic nitrogens is 2. The van der Waals surface area contributed by atoms with Crippen LogP contribution < -0.4 is 0 Å². The first kappa shape index (κ1) is 15.1. The second kappa shape index (κ2) is 6.31. The lowest BCUT2D eigenvalue weighted by Crippen LogP contribution is -2.13. The molecule has 1 heterocycles. The summed E-state index contributed by atoms with van der Waals surface area (Å²) in [7, 11) is 1.79. The van der Waals surface area contributed by atoms with Crippen LogP contribution in [0.5, 0.6) is 0 Å². The largest absolute Gasteiger partial charge is 0.313 e. The van der Waals surface area contributed by atoms with Crippen molar-refractivity contribution in [2.75, 3.05) is 0 Å². The zero-order chi connectivity index (χ0) is 13.9. The minimum absolute atomic E-state index is 0.0681. The molecule has 1 rings (SSSR count). The van der Waals surface area contributed by atoms with Crippen LogP contribution in [0.3, 0.4) is 0 Å². The van der Waals surface area contributed by atoms with Crippen molar-refractivity contribution in [1.82, 2.24) is 9.78 Å². The molecule has 0 aliphatic rings. The van der Waals surface area contributed by atoms with Crippen LogP contribution in [0.15, 0.2) is 0 Å². The van der Waals surface area contributed by atoms with Crippen LogP contribution in [0.25, 0.3) is 0 Å². The van der Waals surface area contributed by atoms with E-state index in [-0.39, 0.29) is 21.4 Å². The Labute approximate surface area is 116 Å². The summed E-state index contributed by atoms with van der Waals surface area (Å²) < 4.78 is 1.66. The summed E-state index contributed by atoms with van der Waals surface area (Å²) in [6.07, 6.45) is 2.43. The van der Waals surface area contributed by atoms with Crippen LogP contribution in [0.2, 0.25) is 0 Å². The molecule has 0 saturated heterocycles. The van der Waals surface area contributed by atoms with E-state index in [2.05, 4.69) is 28.0 Å². The van der Waals surface area contributed by atoms with Gasteiger partial charge >= 0.3 is 5.69 Å². The zero-order valence-electron chi connectivity index (χ0n) is 11.3. The van der Waals surface area contributed by atoms with Gasteiger partial charge in [-0.15, -0.1) is 0 Å². The van der Waals surface area contributed by atoms with Crippen molar-refractivity contribution >= 4 is 21.6 Å². The van der Waals surface area contributed by atoms with Crippen LogP contribution in [0.4, 0.5) is 5.69 Å². The number of hydrogen-bond acceptors (Lipinski definition) is 3. The Morgan fingerprint density at radius 3 is 2.56 bits per heavy atom. The van der Waals surface area contributed by atoms with Crippen LogP contribution >= 0.6 is 15.9 Å². The fourth-order valence-corrected chi connectivity index (χ4v) is 2.47. The topological polar surface area (TPSA) is 61.0 Å². The van der Waals surface area contributed by atoms with Gasteiger partial charge in [-0.1, -0.05) is 43.1 Å². The van der Waals surface area contributed by atoms with Crippen molar-refractivity contribution in [3.8, 4) is 0 Å². The minimum atomic E-state index is -0.292. The number of halogens is 1. The predicted octanol–water partition coefficient (Wildman–Crippen LogP) is 3.56. The first-order valence-corrected chi connectivity index (χ1v) is 7.19. The monoisotopic (exact) mass is 317 g/mol. The summed E-state index contributed by atoms with van der Waals surface area (Å²) in [5.41, 5.74) is 1.51. The number of alkyl halides is 1. The summed E-state index contributed by atoms with van der Waals surface area (Å²) in [4.78, 5) is 11.2. The van der Waals surface area contributed by atoms with Gasteiger partial charge in [0.15, 0.2) is 0 Å². The van der Waals surface area contributed by atoms with E-state index in [9.17, 15) is 10.1 Å². The highest BCUT2D eigenvalue weighted by Gasteiger charge is 2.31. The molecule has 0 aliphatic carbocycles. The molecule has 0 spiro atoms. The van der Waals surface area contributed by atoms with Crippen molar-refractivity contribution in [2.24, 2.45) is 7.05 Å². The van der Waals surface area contributed by atoms with Gasteiger partial charge < -0.3 is 0 Å². The lowest BCUT2D eigenvalue weighted by molar-refractivity contribution is -0.386. The maximum Gasteiger partial charge on any atom is 0.313 e. The summed E-state index contributed by atoms with van der Waals surface area (Å²) in [6, 6.07) is 0. The van der Waals surface area contributed by atoms with Crippen molar-refractivity contribution in [3.63, 3.8) is 0 Å². The van der Waals surface area contributed by atoms with Crippen LogP contribution in [0.1, 0.15) is 50.9 Å². The second-order valence-electron chi connectivity index (χ2n) is 4.52. The van der Waals surface area contributed by atoms with E-state index < -0.39 is 0 Å². The molecule has 18 heavy (non-hydrogen) atoms. The van der Waals surface area contributed by atoms with E-state index in [4.69, 9.17) is 0 Å². The van der Waals surface area contributed by atoms with Crippen LogP contribution in [-0.4, -0.2) is 19.5 Å². The normalized spacial score (nSPS) is 14.5. The highest BCUT2D eigenvalue weighted by molar-refractivity contribution is 9.09. The average molecular weight is 318 g/mol. The number of aryl methyl sites for hydroxylation is 2. The van der Waals surface area contributed by atoms with E-state index in [1.54, 1.807) is 11.7 Å². The Morgan fingerprint density at radius 1 is 1.50 bits per heavy atom. The molecule has 1 aromatic heterocycles. The Kier molecular flexibility index (Phi) is 5.31. The minimum Gasteiger partial charge on any atom is -0.265 e. The fraction of sp³-hybridized carbons (Fsp3) is 0.750. The molecule has 0 saturated carbocycles. The average Bonchev–Trinajstić information content (AvgIpc) is 2.64. The summed E-state index contributed by atoms with van der Waals surface area (Å²) >= 11 is 3.58. The number of nitrogens with zero attached hydrogens (tertiary/aromatic N) is 3. The highest BCUT2D eigenvalue weighted by Crippen LogP contribution is 2.35. The predicted molar refractivity (Wildman–Crippen MR) is 75.3 cm³/mol. The Bertz CT molecular complexity index is 431. The van der Waals surface area contributed by atoms with E-state index in [1.807, 2.05) is 13.8 Å². The van der Waals surface area contributed by atoms with Gasteiger partial charge in [-0.25, -0.2) is 0 Å². The third-order valence-corrected chi connectivity index (χ3v) is 4.61. The Hall–Kier alpha value is -0.910. The molecule has 0 bridgehead atoms. The molecule has 0 N–H and O–H groups in total. The Balaban J connectivity index is 3.29. The van der Waals surface area contributed by atoms with Gasteiger partial charge in [0.2, 0.25) is 0 Å². The molecule has 0 radical (unpaired) electrons. The molecule has 0 aliphatic heterocycles. The highest BCUT2D eigenvalue weighted by atomic mass is 79.9. The summed E-state index contributed by atoms with van der Waals surface area (Å²) in [5.74, 6) is 0.0681. The maximum atomic E-state index is 11.3. The SMILES string of the molecule is CCCc1nn(C)c(C(C)C(Br)CC)c1[N+](=O)[O-]. The first-order valence-electron chi connectivity index (χ1n) is 6.28. The number of hydrogen-bond donors (Lipinski definition) is 0. The van der Waals surface area contributed by atoms with Crippen LogP contribution in [-0.2, 0) is 13.5 Å². The summed E-state index contributed by atoms with van der Waals surface area (Å²) in [5, 5.41) is 15.6. The van der Waals surface area contributed by atoms with Crippen LogP contribution in [0, 0.1) is 10.1 Å². The van der Waals surface area contributed by atoms with Gasteiger partial charge in [0.05, 0.1) is 4.92 Å². The molecule has 0 amide bonds. The molecule has 1 aromatic rings. The van der Waals surface area contributed by atoms with Gasteiger partial charge in [0.25, 0.3) is 0 Å². The summed E-state index contributed by atoms with van der Waals surface area (Å²) in [6.45, 7) is 6.06. The van der Waals surface area contributed by atoms with Crippen molar-refractivity contribution in [3.05, 3.63) is 21.5 Å². The van der Waals surface area contributed by atoms with Gasteiger partial charge in [-0.2, -0.15) is 5.10 Å². The van der Waals surface area contributed by atoms with E-state index in [0.29, 0.717) is 17.8 Å². The molecule has 0 fully saturated rings. The van der Waals surface area contributed by atoms with Crippen molar-refractivity contribution in [1.29, 1.82) is 0 Å². The van der Waals surface area contributed by atoms with E-state index in [1.165, 1.54) is 0 Å². The Morgan fingerprint density at radius 2 is 2.11 bits per heavy atom. The smallest absolute Gasteiger partial charge is 0.265 e. The molecule has 6 heteroatoms. The zero-order valence-corrected chi connectivity index (χ0v) is 12.9. The standard InChI is InChI=1S/C12H20BrN3O2/c1-5-7-10-12(16(17)18)11(15(4)14-10)8(3)9(13)6-2/h8-9H,5-7H2,1-4H3. The molecular formula is C12H20BrN3O2. The molecule has 2 unspecified atom stereocenters. The third kappa shape index (κ3) is 2.91. The van der Waals surface area contributed by atoms with Crippen molar-refractivity contribution < 1.29 is 4.92 Å². The van der Waals surface area contributed by atoms with E-state index in [0.717, 1.165) is 12.8 Å². The van der Waals surface area contributed by atoms with Gasteiger partial charge in [0, 0.05) is 17.8 Å². The first-order chi connectivity index (χ1) is 8.43. The second-order valence-corrected chi connectivity index (χ2v) is 5.70. The number of rotatable bonds is 6. The molecule has 5 nitrogen and oxygen atoms in total.